The summed E-state index contributed by atoms with van der Waals surface area (Å²) in [7, 11) is 0. The zero-order chi connectivity index (χ0) is 3.58. The first-order chi connectivity index (χ1) is 1.73. The van der Waals surface area contributed by atoms with Crippen LogP contribution in [0.4, 0.5) is 0 Å². The Bertz CT molecular complexity index is 42.0. The van der Waals surface area contributed by atoms with E-state index in [0.29, 0.717) is 0 Å². The second-order valence-corrected chi connectivity index (χ2v) is 0.692. The Hall–Kier alpha value is 2.33. The van der Waals surface area contributed by atoms with Crippen molar-refractivity contribution in [1.82, 2.24) is 0 Å². The van der Waals surface area contributed by atoms with Crippen molar-refractivity contribution in [2.24, 2.45) is 0 Å². The molecule has 0 aliphatic heterocycles. The monoisotopic (exact) mass is 148 g/mol. The summed E-state index contributed by atoms with van der Waals surface area (Å²) in [6.45, 7) is 0. The third kappa shape index (κ3) is 33.1. The normalized spacial score (nSPS) is 5.83. The summed E-state index contributed by atoms with van der Waals surface area (Å²) in [4.78, 5) is 0. The van der Waals surface area contributed by atoms with Crippen LogP contribution in [0.3, 0.4) is 0 Å². The van der Waals surface area contributed by atoms with Crippen LogP contribution in [-0.2, 0) is 11.4 Å². The van der Waals surface area contributed by atoms with Gasteiger partial charge in [0.15, 0.2) is 0 Å². The second-order valence-electron chi connectivity index (χ2n) is 0.231. The molecule has 0 aromatic rings. The van der Waals surface area contributed by atoms with Crippen LogP contribution in [0.2, 0.25) is 0 Å². The fourth-order valence-corrected chi connectivity index (χ4v) is 0. The van der Waals surface area contributed by atoms with E-state index in [1.807, 2.05) is 0 Å². The SMILES string of the molecule is O=S(O)O.[Ca+2].[H-].[H-].[H-].[Na+]. The Labute approximate surface area is 94.7 Å². The van der Waals surface area contributed by atoms with E-state index >= 15 is 0 Å². The average Bonchev–Trinajstić information content (AvgIpc) is 0.811. The summed E-state index contributed by atoms with van der Waals surface area (Å²) in [5.41, 5.74) is 0. The number of hydrogen-bond acceptors (Lipinski definition) is 1. The minimum atomic E-state index is -2.61. The maximum absolute atomic E-state index is 8.67. The van der Waals surface area contributed by atoms with Crippen molar-refractivity contribution in [3.8, 4) is 0 Å². The van der Waals surface area contributed by atoms with Crippen LogP contribution in [0.25, 0.3) is 0 Å². The molecule has 0 aliphatic carbocycles. The molecule has 0 radical (unpaired) electrons. The molecule has 6 heteroatoms. The molecule has 0 atom stereocenters. The van der Waals surface area contributed by atoms with Gasteiger partial charge in [0.2, 0.25) is 0 Å². The minimum absolute atomic E-state index is 0. The Kier molecular flexibility index (Phi) is 27.1. The number of rotatable bonds is 0. The van der Waals surface area contributed by atoms with Crippen LogP contribution < -0.4 is 29.6 Å². The van der Waals surface area contributed by atoms with Crippen LogP contribution in [0.15, 0.2) is 0 Å². The van der Waals surface area contributed by atoms with Gasteiger partial charge in [0, 0.05) is 0 Å². The van der Waals surface area contributed by atoms with Crippen LogP contribution >= 0.6 is 0 Å². The van der Waals surface area contributed by atoms with Gasteiger partial charge in [-0.25, -0.2) is 0 Å². The molecule has 0 amide bonds. The van der Waals surface area contributed by atoms with Gasteiger partial charge in [-0.1, -0.05) is 0 Å². The molecule has 0 unspecified atom stereocenters. The van der Waals surface area contributed by atoms with Gasteiger partial charge in [-0.3, -0.25) is 9.11 Å². The smallest absolute Gasteiger partial charge is 1.00 e. The summed E-state index contributed by atoms with van der Waals surface area (Å²) >= 11 is -2.61. The summed E-state index contributed by atoms with van der Waals surface area (Å²) < 4.78 is 22.8. The first-order valence-electron chi connectivity index (χ1n) is 0.532. The van der Waals surface area contributed by atoms with Gasteiger partial charge in [-0.05, 0) is 0 Å². The zero-order valence-electron chi connectivity index (χ0n) is 6.42. The molecule has 32 valence electrons. The Morgan fingerprint density at radius 3 is 1.50 bits per heavy atom. The second kappa shape index (κ2) is 10.3. The summed E-state index contributed by atoms with van der Waals surface area (Å²) in [5.74, 6) is 0. The zero-order valence-corrected chi connectivity index (χ0v) is 8.44. The molecule has 2 N–H and O–H groups in total. The van der Waals surface area contributed by atoms with Crippen LogP contribution in [0.1, 0.15) is 4.28 Å². The fourth-order valence-electron chi connectivity index (χ4n) is 0. The topological polar surface area (TPSA) is 57.5 Å². The third-order valence-electron chi connectivity index (χ3n) is 0. The van der Waals surface area contributed by atoms with Crippen LogP contribution in [-0.4, -0.2) is 51.1 Å². The van der Waals surface area contributed by atoms with Gasteiger partial charge >= 0.3 is 67.3 Å². The Balaban J connectivity index is -0.00000000450. The molecule has 3 nitrogen and oxygen atoms in total. The first kappa shape index (κ1) is 15.8. The van der Waals surface area contributed by atoms with E-state index < -0.39 is 11.4 Å². The van der Waals surface area contributed by atoms with Gasteiger partial charge in [-0.2, -0.15) is 4.21 Å². The van der Waals surface area contributed by atoms with Crippen molar-refractivity contribution in [3.63, 3.8) is 0 Å². The molecule has 0 aliphatic rings. The predicted molar refractivity (Wildman–Crippen MR) is 22.5 cm³/mol. The van der Waals surface area contributed by atoms with Crippen LogP contribution in [0, 0.1) is 0 Å². The summed E-state index contributed by atoms with van der Waals surface area (Å²) in [6, 6.07) is 0. The van der Waals surface area contributed by atoms with Crippen molar-refractivity contribution in [2.45, 2.75) is 0 Å². The molecule has 0 aromatic carbocycles. The third-order valence-corrected chi connectivity index (χ3v) is 0. The largest absolute Gasteiger partial charge is 2.00 e. The molecule has 0 saturated carbocycles. The van der Waals surface area contributed by atoms with E-state index in [1.165, 1.54) is 0 Å². The summed E-state index contributed by atoms with van der Waals surface area (Å²) in [6.07, 6.45) is 0. The molecule has 0 aromatic heterocycles. The maximum Gasteiger partial charge on any atom is 2.00 e. The molecule has 0 fully saturated rings. The molecule has 0 spiro atoms. The van der Waals surface area contributed by atoms with E-state index in [9.17, 15) is 0 Å². The van der Waals surface area contributed by atoms with E-state index in [4.69, 9.17) is 13.3 Å². The fraction of sp³-hybridized carbons (Fsp3) is 0. The van der Waals surface area contributed by atoms with Gasteiger partial charge in [-0.15, -0.1) is 0 Å². The van der Waals surface area contributed by atoms with Crippen LogP contribution in [0.5, 0.6) is 0 Å². The van der Waals surface area contributed by atoms with Gasteiger partial charge in [0.25, 0.3) is 11.4 Å². The molecule has 6 heavy (non-hydrogen) atoms. The Morgan fingerprint density at radius 1 is 1.50 bits per heavy atom. The van der Waals surface area contributed by atoms with E-state index in [2.05, 4.69) is 0 Å². The van der Waals surface area contributed by atoms with Crippen molar-refractivity contribution in [1.29, 1.82) is 0 Å². The van der Waals surface area contributed by atoms with Crippen molar-refractivity contribution in [3.05, 3.63) is 0 Å². The van der Waals surface area contributed by atoms with E-state index in [0.717, 1.165) is 0 Å². The Morgan fingerprint density at radius 2 is 1.50 bits per heavy atom. The molecular weight excluding hydrogens is 143 g/mol. The maximum atomic E-state index is 8.67. The molecule has 0 rings (SSSR count). The van der Waals surface area contributed by atoms with Gasteiger partial charge < -0.3 is 4.28 Å². The van der Waals surface area contributed by atoms with Gasteiger partial charge in [0.1, 0.15) is 0 Å². The van der Waals surface area contributed by atoms with Crippen molar-refractivity contribution < 1.29 is 47.2 Å². The predicted octanol–water partition coefficient (Wildman–Crippen LogP) is -3.36. The van der Waals surface area contributed by atoms with Crippen molar-refractivity contribution in [2.75, 3.05) is 0 Å². The molecule has 0 heterocycles. The molecular formula is H5CaNaO3S. The standard InChI is InChI=1S/Ca.Na.H2O3S.3H/c;;1-4(2)3;;;/h;;(H2,1,2,3);;;/q+2;+1;;3*-1. The minimum Gasteiger partial charge on any atom is -1.00 e. The van der Waals surface area contributed by atoms with Crippen molar-refractivity contribution >= 4 is 49.1 Å². The van der Waals surface area contributed by atoms with E-state index in [-0.39, 0.29) is 71.6 Å². The molecule has 0 saturated heterocycles. The van der Waals surface area contributed by atoms with E-state index in [1.54, 1.807) is 0 Å². The first-order valence-corrected chi connectivity index (χ1v) is 1.60. The quantitative estimate of drug-likeness (QED) is 0.279. The number of hydrogen-bond donors (Lipinski definition) is 2. The molecule has 0 bridgehead atoms. The summed E-state index contributed by atoms with van der Waals surface area (Å²) in [5, 5.41) is 0. The average molecular weight is 148 g/mol. The van der Waals surface area contributed by atoms with Gasteiger partial charge in [0.05, 0.1) is 0 Å².